The van der Waals surface area contributed by atoms with Crippen LogP contribution in [0.3, 0.4) is 0 Å². The van der Waals surface area contributed by atoms with Crippen molar-refractivity contribution in [2.45, 2.75) is 37.9 Å². The topological polar surface area (TPSA) is 33.7 Å². The van der Waals surface area contributed by atoms with E-state index < -0.39 is 0 Å². The first-order valence-electron chi connectivity index (χ1n) is 7.48. The van der Waals surface area contributed by atoms with Crippen LogP contribution in [0.25, 0.3) is 0 Å². The van der Waals surface area contributed by atoms with Crippen LogP contribution in [-0.2, 0) is 6.54 Å². The van der Waals surface area contributed by atoms with Gasteiger partial charge in [0.15, 0.2) is 0 Å². The number of hydrogen-bond donors (Lipinski definition) is 1. The second kappa shape index (κ2) is 6.02. The molecule has 0 aromatic heterocycles. The second-order valence-electron chi connectivity index (χ2n) is 5.77. The Hall–Kier alpha value is -1.26. The van der Waals surface area contributed by atoms with Crippen LogP contribution in [0.1, 0.15) is 24.8 Å². The molecule has 1 aliphatic heterocycles. The van der Waals surface area contributed by atoms with E-state index >= 15 is 0 Å². The summed E-state index contributed by atoms with van der Waals surface area (Å²) in [5.74, 6) is 1.74. The van der Waals surface area contributed by atoms with Gasteiger partial charge in [-0.05, 0) is 25.3 Å². The highest BCUT2D eigenvalue weighted by molar-refractivity contribution is 5.40. The lowest BCUT2D eigenvalue weighted by atomic mass is 10.1. The van der Waals surface area contributed by atoms with Gasteiger partial charge in [-0.1, -0.05) is 6.07 Å². The number of ether oxygens (including phenoxy) is 2. The molecule has 1 atom stereocenters. The summed E-state index contributed by atoms with van der Waals surface area (Å²) in [6, 6.07) is 7.52. The second-order valence-corrected chi connectivity index (χ2v) is 5.77. The summed E-state index contributed by atoms with van der Waals surface area (Å²) in [4.78, 5) is 2.63. The van der Waals surface area contributed by atoms with Gasteiger partial charge in [-0.2, -0.15) is 0 Å². The number of benzene rings is 1. The van der Waals surface area contributed by atoms with Crippen LogP contribution < -0.4 is 14.8 Å². The van der Waals surface area contributed by atoms with Gasteiger partial charge in [-0.15, -0.1) is 0 Å². The molecule has 1 unspecified atom stereocenters. The van der Waals surface area contributed by atoms with Gasteiger partial charge < -0.3 is 14.8 Å². The first-order chi connectivity index (χ1) is 9.80. The molecule has 1 aromatic rings. The third-order valence-electron chi connectivity index (χ3n) is 4.36. The lowest BCUT2D eigenvalue weighted by molar-refractivity contribution is 0.317. The lowest BCUT2D eigenvalue weighted by Gasteiger charge is -2.17. The normalized spacial score (nSPS) is 23.0. The van der Waals surface area contributed by atoms with E-state index in [9.17, 15) is 0 Å². The molecule has 4 nitrogen and oxygen atoms in total. The van der Waals surface area contributed by atoms with Crippen molar-refractivity contribution >= 4 is 0 Å². The number of nitrogens with one attached hydrogen (secondary N) is 1. The SMILES string of the molecule is COc1ccc(CNC2CCN(C3CC3)C2)c(OC)c1. The van der Waals surface area contributed by atoms with Crippen LogP contribution in [0.4, 0.5) is 0 Å². The van der Waals surface area contributed by atoms with Crippen molar-refractivity contribution < 1.29 is 9.47 Å². The van der Waals surface area contributed by atoms with E-state index in [1.807, 2.05) is 12.1 Å². The van der Waals surface area contributed by atoms with Crippen molar-refractivity contribution in [3.8, 4) is 11.5 Å². The number of hydrogen-bond acceptors (Lipinski definition) is 4. The summed E-state index contributed by atoms with van der Waals surface area (Å²) in [5.41, 5.74) is 1.19. The summed E-state index contributed by atoms with van der Waals surface area (Å²) in [7, 11) is 3.39. The molecule has 0 amide bonds. The van der Waals surface area contributed by atoms with Gasteiger partial charge >= 0.3 is 0 Å². The Morgan fingerprint density at radius 1 is 1.20 bits per heavy atom. The van der Waals surface area contributed by atoms with Crippen molar-refractivity contribution in [3.05, 3.63) is 23.8 Å². The molecule has 1 aliphatic carbocycles. The average Bonchev–Trinajstić information content (AvgIpc) is 3.24. The molecule has 2 aliphatic rings. The Kier molecular flexibility index (Phi) is 4.13. The molecule has 1 heterocycles. The molecule has 1 N–H and O–H groups in total. The zero-order valence-corrected chi connectivity index (χ0v) is 12.4. The van der Waals surface area contributed by atoms with Crippen molar-refractivity contribution in [3.63, 3.8) is 0 Å². The molecule has 4 heteroatoms. The number of methoxy groups -OCH3 is 2. The van der Waals surface area contributed by atoms with Crippen molar-refractivity contribution in [2.75, 3.05) is 27.3 Å². The average molecular weight is 276 g/mol. The third kappa shape index (κ3) is 3.07. The summed E-state index contributed by atoms with van der Waals surface area (Å²) < 4.78 is 10.7. The maximum absolute atomic E-state index is 5.44. The van der Waals surface area contributed by atoms with Gasteiger partial charge in [-0.25, -0.2) is 0 Å². The quantitative estimate of drug-likeness (QED) is 0.862. The van der Waals surface area contributed by atoms with Gasteiger partial charge in [0.05, 0.1) is 14.2 Å². The molecular weight excluding hydrogens is 252 g/mol. The molecule has 1 saturated carbocycles. The predicted molar refractivity (Wildman–Crippen MR) is 79.4 cm³/mol. The summed E-state index contributed by atoms with van der Waals surface area (Å²) in [6.45, 7) is 3.31. The van der Waals surface area contributed by atoms with Crippen LogP contribution >= 0.6 is 0 Å². The first kappa shape index (κ1) is 13.7. The fourth-order valence-electron chi connectivity index (χ4n) is 2.98. The molecule has 20 heavy (non-hydrogen) atoms. The van der Waals surface area contributed by atoms with E-state index in [1.165, 1.54) is 37.9 Å². The van der Waals surface area contributed by atoms with E-state index in [0.717, 1.165) is 24.1 Å². The molecule has 110 valence electrons. The van der Waals surface area contributed by atoms with E-state index in [2.05, 4.69) is 16.3 Å². The van der Waals surface area contributed by atoms with Gasteiger partial charge in [0.25, 0.3) is 0 Å². The van der Waals surface area contributed by atoms with Gasteiger partial charge in [0.1, 0.15) is 11.5 Å². The zero-order chi connectivity index (χ0) is 13.9. The van der Waals surface area contributed by atoms with Crippen LogP contribution in [0.5, 0.6) is 11.5 Å². The van der Waals surface area contributed by atoms with E-state index in [4.69, 9.17) is 9.47 Å². The molecule has 2 fully saturated rings. The summed E-state index contributed by atoms with van der Waals surface area (Å²) >= 11 is 0. The van der Waals surface area contributed by atoms with Gasteiger partial charge in [0.2, 0.25) is 0 Å². The van der Waals surface area contributed by atoms with Crippen LogP contribution in [-0.4, -0.2) is 44.3 Å². The summed E-state index contributed by atoms with van der Waals surface area (Å²) in [6.07, 6.45) is 4.06. The minimum Gasteiger partial charge on any atom is -0.497 e. The molecule has 0 radical (unpaired) electrons. The van der Waals surface area contributed by atoms with Crippen LogP contribution in [0.2, 0.25) is 0 Å². The van der Waals surface area contributed by atoms with Gasteiger partial charge in [0, 0.05) is 43.3 Å². The Morgan fingerprint density at radius 3 is 2.75 bits per heavy atom. The van der Waals surface area contributed by atoms with Crippen molar-refractivity contribution in [1.82, 2.24) is 10.2 Å². The van der Waals surface area contributed by atoms with Crippen LogP contribution in [0, 0.1) is 0 Å². The Labute approximate surface area is 121 Å². The van der Waals surface area contributed by atoms with E-state index in [1.54, 1.807) is 14.2 Å². The standard InChI is InChI=1S/C16H24N2O2/c1-19-15-6-3-12(16(9-15)20-2)10-17-13-7-8-18(11-13)14-4-5-14/h3,6,9,13-14,17H,4-5,7-8,10-11H2,1-2H3. The van der Waals surface area contributed by atoms with E-state index in [0.29, 0.717) is 6.04 Å². The third-order valence-corrected chi connectivity index (χ3v) is 4.36. The Balaban J connectivity index is 1.55. The Morgan fingerprint density at radius 2 is 2.05 bits per heavy atom. The molecule has 1 aromatic carbocycles. The number of nitrogens with zero attached hydrogens (tertiary/aromatic N) is 1. The highest BCUT2D eigenvalue weighted by Crippen LogP contribution is 2.30. The number of likely N-dealkylation sites (tertiary alicyclic amines) is 1. The van der Waals surface area contributed by atoms with E-state index in [-0.39, 0.29) is 0 Å². The zero-order valence-electron chi connectivity index (χ0n) is 12.4. The fourth-order valence-corrected chi connectivity index (χ4v) is 2.98. The molecular formula is C16H24N2O2. The molecule has 3 rings (SSSR count). The predicted octanol–water partition coefficient (Wildman–Crippen LogP) is 2.03. The molecule has 0 bridgehead atoms. The van der Waals surface area contributed by atoms with Gasteiger partial charge in [-0.3, -0.25) is 4.90 Å². The fraction of sp³-hybridized carbons (Fsp3) is 0.625. The molecule has 1 saturated heterocycles. The largest absolute Gasteiger partial charge is 0.497 e. The minimum atomic E-state index is 0.613. The highest BCUT2D eigenvalue weighted by atomic mass is 16.5. The maximum atomic E-state index is 5.44. The lowest BCUT2D eigenvalue weighted by Crippen LogP contribution is -2.32. The van der Waals surface area contributed by atoms with Crippen molar-refractivity contribution in [2.24, 2.45) is 0 Å². The smallest absolute Gasteiger partial charge is 0.127 e. The summed E-state index contributed by atoms with van der Waals surface area (Å²) in [5, 5.41) is 3.66. The van der Waals surface area contributed by atoms with Crippen molar-refractivity contribution in [1.29, 1.82) is 0 Å². The monoisotopic (exact) mass is 276 g/mol. The highest BCUT2D eigenvalue weighted by Gasteiger charge is 2.34. The maximum Gasteiger partial charge on any atom is 0.127 e. The Bertz CT molecular complexity index is 460. The number of rotatable bonds is 6. The molecule has 0 spiro atoms. The van der Waals surface area contributed by atoms with Crippen LogP contribution in [0.15, 0.2) is 18.2 Å². The first-order valence-corrected chi connectivity index (χ1v) is 7.48. The minimum absolute atomic E-state index is 0.613.